The van der Waals surface area contributed by atoms with E-state index in [0.29, 0.717) is 5.56 Å². The van der Waals surface area contributed by atoms with E-state index in [4.69, 9.17) is 0 Å². The first-order valence-electron chi connectivity index (χ1n) is 8.86. The largest absolute Gasteiger partial charge is 0.344 e. The number of amides is 4. The molecule has 7 heteroatoms. The van der Waals surface area contributed by atoms with Crippen LogP contribution in [-0.4, -0.2) is 42.5 Å². The van der Waals surface area contributed by atoms with Crippen molar-refractivity contribution in [2.75, 3.05) is 19.6 Å². The van der Waals surface area contributed by atoms with E-state index in [1.807, 2.05) is 18.2 Å². The quantitative estimate of drug-likeness (QED) is 0.669. The van der Waals surface area contributed by atoms with Gasteiger partial charge in [0.05, 0.1) is 13.1 Å². The van der Waals surface area contributed by atoms with Gasteiger partial charge in [0.1, 0.15) is 5.54 Å². The third kappa shape index (κ3) is 3.66. The molecule has 2 saturated heterocycles. The molecule has 2 heterocycles. The van der Waals surface area contributed by atoms with E-state index in [9.17, 15) is 14.4 Å². The highest BCUT2D eigenvalue weighted by Gasteiger charge is 2.50. The van der Waals surface area contributed by atoms with Crippen molar-refractivity contribution in [2.24, 2.45) is 0 Å². The molecule has 0 aliphatic carbocycles. The highest BCUT2D eigenvalue weighted by molar-refractivity contribution is 6.08. The van der Waals surface area contributed by atoms with Crippen LogP contribution < -0.4 is 15.6 Å². The molecule has 2 fully saturated rings. The van der Waals surface area contributed by atoms with Crippen molar-refractivity contribution in [1.29, 1.82) is 0 Å². The number of likely N-dealkylation sites (tertiary alicyclic amines) is 1. The Morgan fingerprint density at radius 3 is 2.44 bits per heavy atom. The molecule has 134 valence electrons. The Bertz CT molecular complexity index is 656. The second-order valence-electron chi connectivity index (χ2n) is 6.94. The first kappa shape index (κ1) is 17.4. The summed E-state index contributed by atoms with van der Waals surface area (Å²) in [6.07, 6.45) is 4.62. The van der Waals surface area contributed by atoms with Gasteiger partial charge in [0.15, 0.2) is 6.54 Å². The Balaban J connectivity index is 1.65. The predicted molar refractivity (Wildman–Crippen MR) is 91.3 cm³/mol. The Morgan fingerprint density at radius 1 is 1.16 bits per heavy atom. The zero-order chi connectivity index (χ0) is 17.9. The number of nitrogens with one attached hydrogen (secondary N) is 3. The van der Waals surface area contributed by atoms with Crippen molar-refractivity contribution in [3.05, 3.63) is 35.9 Å². The first-order valence-corrected chi connectivity index (χ1v) is 8.86. The molecule has 4 amide bonds. The molecule has 0 unspecified atom stereocenters. The van der Waals surface area contributed by atoms with E-state index in [0.717, 1.165) is 30.9 Å². The minimum Gasteiger partial charge on any atom is -0.327 e. The summed E-state index contributed by atoms with van der Waals surface area (Å²) in [5, 5.41) is 3.49. The van der Waals surface area contributed by atoms with Crippen LogP contribution in [0.25, 0.3) is 0 Å². The minimum atomic E-state index is -1.17. The van der Waals surface area contributed by atoms with Gasteiger partial charge < -0.3 is 10.2 Å². The molecular formula is C18H25N4O3+. The molecule has 1 aromatic carbocycles. The number of quaternary nitrogens is 1. The molecular weight excluding hydrogens is 320 g/mol. The van der Waals surface area contributed by atoms with Crippen LogP contribution in [0.2, 0.25) is 0 Å². The zero-order valence-electron chi connectivity index (χ0n) is 14.5. The number of carbonyl (C=O) groups excluding carboxylic acids is 3. The molecule has 25 heavy (non-hydrogen) atoms. The van der Waals surface area contributed by atoms with Crippen LogP contribution in [0.4, 0.5) is 4.79 Å². The second kappa shape index (κ2) is 7.23. The van der Waals surface area contributed by atoms with Gasteiger partial charge in [-0.3, -0.25) is 15.0 Å². The number of hydrogen-bond donors (Lipinski definition) is 3. The number of rotatable bonds is 4. The molecule has 1 atom stereocenters. The van der Waals surface area contributed by atoms with Crippen LogP contribution in [0.3, 0.4) is 0 Å². The Morgan fingerprint density at radius 2 is 1.80 bits per heavy atom. The van der Waals surface area contributed by atoms with E-state index >= 15 is 0 Å². The molecule has 0 aromatic heterocycles. The Kier molecular flexibility index (Phi) is 5.03. The molecule has 3 N–H and O–H groups in total. The van der Waals surface area contributed by atoms with Crippen LogP contribution >= 0.6 is 0 Å². The highest BCUT2D eigenvalue weighted by atomic mass is 16.2. The van der Waals surface area contributed by atoms with Gasteiger partial charge in [-0.15, -0.1) is 0 Å². The summed E-state index contributed by atoms with van der Waals surface area (Å²) in [7, 11) is 0. The summed E-state index contributed by atoms with van der Waals surface area (Å²) in [5.74, 6) is -0.777. The third-order valence-electron chi connectivity index (χ3n) is 5.00. The lowest BCUT2D eigenvalue weighted by Gasteiger charge is -2.22. The lowest BCUT2D eigenvalue weighted by atomic mass is 9.92. The van der Waals surface area contributed by atoms with Crippen molar-refractivity contribution in [2.45, 2.75) is 38.1 Å². The van der Waals surface area contributed by atoms with Gasteiger partial charge in [0, 0.05) is 0 Å². The number of nitrogens with zero attached hydrogens (tertiary/aromatic N) is 1. The van der Waals surface area contributed by atoms with Gasteiger partial charge in [-0.2, -0.15) is 5.01 Å². The summed E-state index contributed by atoms with van der Waals surface area (Å²) < 4.78 is 0. The maximum Gasteiger partial charge on any atom is 0.344 e. The van der Waals surface area contributed by atoms with Crippen LogP contribution in [0.5, 0.6) is 0 Å². The average molecular weight is 345 g/mol. The fourth-order valence-electron chi connectivity index (χ4n) is 3.50. The summed E-state index contributed by atoms with van der Waals surface area (Å²) in [6, 6.07) is 8.43. The Hall–Kier alpha value is -2.41. The van der Waals surface area contributed by atoms with E-state index in [2.05, 4.69) is 10.7 Å². The Labute approximate surface area is 147 Å². The number of hydrogen-bond acceptors (Lipinski definition) is 3. The number of hydrazine groups is 1. The fraction of sp³-hybridized carbons (Fsp3) is 0.500. The topological polar surface area (TPSA) is 83.0 Å². The van der Waals surface area contributed by atoms with Gasteiger partial charge >= 0.3 is 6.03 Å². The SMILES string of the molecule is C[C@@]1(c2ccccc2)NC(=O)N(NC(=O)C[NH+]2CCCCCC2)C1=O. The van der Waals surface area contributed by atoms with Gasteiger partial charge in [0.2, 0.25) is 0 Å². The lowest BCUT2D eigenvalue weighted by molar-refractivity contribution is -0.891. The molecule has 0 bridgehead atoms. The van der Waals surface area contributed by atoms with Crippen molar-refractivity contribution < 1.29 is 19.3 Å². The van der Waals surface area contributed by atoms with E-state index in [-0.39, 0.29) is 12.5 Å². The second-order valence-corrected chi connectivity index (χ2v) is 6.94. The lowest BCUT2D eigenvalue weighted by Crippen LogP contribution is -3.13. The van der Waals surface area contributed by atoms with E-state index in [1.54, 1.807) is 19.1 Å². The highest BCUT2D eigenvalue weighted by Crippen LogP contribution is 2.27. The van der Waals surface area contributed by atoms with Gasteiger partial charge in [0.25, 0.3) is 11.8 Å². The van der Waals surface area contributed by atoms with Crippen LogP contribution in [0.15, 0.2) is 30.3 Å². The first-order chi connectivity index (χ1) is 12.0. The maximum atomic E-state index is 12.7. The minimum absolute atomic E-state index is 0.277. The van der Waals surface area contributed by atoms with Gasteiger partial charge in [-0.1, -0.05) is 30.3 Å². The van der Waals surface area contributed by atoms with E-state index < -0.39 is 17.5 Å². The maximum absolute atomic E-state index is 12.7. The summed E-state index contributed by atoms with van der Waals surface area (Å²) in [6.45, 7) is 3.83. The molecule has 0 saturated carbocycles. The van der Waals surface area contributed by atoms with Crippen molar-refractivity contribution in [3.63, 3.8) is 0 Å². The smallest absolute Gasteiger partial charge is 0.327 e. The molecule has 0 spiro atoms. The predicted octanol–water partition coefficient (Wildman–Crippen LogP) is -0.0563. The monoisotopic (exact) mass is 345 g/mol. The van der Waals surface area contributed by atoms with Crippen molar-refractivity contribution >= 4 is 17.8 Å². The van der Waals surface area contributed by atoms with Crippen LogP contribution in [-0.2, 0) is 15.1 Å². The number of imide groups is 1. The van der Waals surface area contributed by atoms with Gasteiger partial charge in [-0.05, 0) is 38.2 Å². The zero-order valence-corrected chi connectivity index (χ0v) is 14.5. The number of benzene rings is 1. The fourth-order valence-corrected chi connectivity index (χ4v) is 3.50. The molecule has 2 aliphatic rings. The average Bonchev–Trinajstić information content (AvgIpc) is 2.80. The summed E-state index contributed by atoms with van der Waals surface area (Å²) in [4.78, 5) is 38.5. The number of urea groups is 1. The van der Waals surface area contributed by atoms with Crippen molar-refractivity contribution in [1.82, 2.24) is 15.8 Å². The normalized spacial score (nSPS) is 24.8. The summed E-state index contributed by atoms with van der Waals surface area (Å²) >= 11 is 0. The third-order valence-corrected chi connectivity index (χ3v) is 5.00. The van der Waals surface area contributed by atoms with Crippen molar-refractivity contribution in [3.8, 4) is 0 Å². The van der Waals surface area contributed by atoms with E-state index in [1.165, 1.54) is 17.7 Å². The molecule has 1 aromatic rings. The molecule has 7 nitrogen and oxygen atoms in total. The molecule has 0 radical (unpaired) electrons. The van der Waals surface area contributed by atoms with Gasteiger partial charge in [-0.25, -0.2) is 4.79 Å². The summed E-state index contributed by atoms with van der Waals surface area (Å²) in [5.41, 5.74) is 2.00. The molecule has 3 rings (SSSR count). The number of carbonyl (C=O) groups is 3. The van der Waals surface area contributed by atoms with Crippen LogP contribution in [0.1, 0.15) is 38.2 Å². The molecule has 2 aliphatic heterocycles. The van der Waals surface area contributed by atoms with Crippen LogP contribution in [0, 0.1) is 0 Å². The standard InChI is InChI=1S/C18H24N4O3/c1-18(14-9-5-4-6-10-14)16(24)22(17(25)19-18)20-15(23)13-21-11-7-2-3-8-12-21/h4-6,9-10H,2-3,7-8,11-13H2,1H3,(H,19,25)(H,20,23)/p+1/t18-/m0/s1.